The van der Waals surface area contributed by atoms with Crippen LogP contribution in [0, 0.1) is 34.5 Å². The summed E-state index contributed by atoms with van der Waals surface area (Å²) in [5.74, 6) is 1.48. The van der Waals surface area contributed by atoms with Gasteiger partial charge in [0.1, 0.15) is 5.78 Å². The smallest absolute Gasteiger partial charge is 0.133 e. The van der Waals surface area contributed by atoms with Gasteiger partial charge in [-0.05, 0) is 54.3 Å². The molecule has 3 fully saturated rings. The molecule has 0 aromatic heterocycles. The van der Waals surface area contributed by atoms with E-state index in [0.717, 1.165) is 25.7 Å². The van der Waals surface area contributed by atoms with Crippen molar-refractivity contribution >= 4 is 5.78 Å². The molecule has 0 radical (unpaired) electrons. The number of carbonyl (C=O) groups excluding carboxylic acids is 1. The third-order valence-electron chi connectivity index (χ3n) is 7.84. The summed E-state index contributed by atoms with van der Waals surface area (Å²) in [5.41, 5.74) is 0.205. The molecule has 0 bridgehead atoms. The molecule has 4 aliphatic carbocycles. The third-order valence-corrected chi connectivity index (χ3v) is 7.84. The summed E-state index contributed by atoms with van der Waals surface area (Å²) >= 11 is 0. The lowest BCUT2D eigenvalue weighted by molar-refractivity contribution is -0.171. The lowest BCUT2D eigenvalue weighted by Crippen LogP contribution is -2.59. The standard InChI is InChI=1S/C19H28O3/c1-18-6-4-13-16(17(18)14(21)5-7-18)15(22)10-11-9-12(20)3-8-19(11,13)2/h5,7,11,13-17,21-22H,3-4,6,8-10H2,1-2H3/t11-,13?,14+,15-,16?,17?,18-,19+/m1/s1. The van der Waals surface area contributed by atoms with Crippen LogP contribution in [0.25, 0.3) is 0 Å². The highest BCUT2D eigenvalue weighted by atomic mass is 16.3. The van der Waals surface area contributed by atoms with Crippen LogP contribution < -0.4 is 0 Å². The molecule has 0 aromatic rings. The van der Waals surface area contributed by atoms with Crippen molar-refractivity contribution < 1.29 is 15.0 Å². The minimum Gasteiger partial charge on any atom is -0.393 e. The van der Waals surface area contributed by atoms with Crippen LogP contribution in [0.2, 0.25) is 0 Å². The molecule has 4 aliphatic rings. The molecule has 0 spiro atoms. The van der Waals surface area contributed by atoms with E-state index in [1.165, 1.54) is 0 Å². The molecule has 3 heteroatoms. The van der Waals surface area contributed by atoms with Gasteiger partial charge in [0.05, 0.1) is 12.2 Å². The second-order valence-corrected chi connectivity index (χ2v) is 8.85. The first kappa shape index (κ1) is 14.9. The molecule has 3 nitrogen and oxygen atoms in total. The lowest BCUT2D eigenvalue weighted by atomic mass is 9.44. The highest BCUT2D eigenvalue weighted by molar-refractivity contribution is 5.79. The Labute approximate surface area is 132 Å². The average Bonchev–Trinajstić information content (AvgIpc) is 2.77. The van der Waals surface area contributed by atoms with Crippen molar-refractivity contribution in [1.29, 1.82) is 0 Å². The maximum atomic E-state index is 11.9. The van der Waals surface area contributed by atoms with Gasteiger partial charge in [-0.1, -0.05) is 26.0 Å². The van der Waals surface area contributed by atoms with Gasteiger partial charge in [-0.3, -0.25) is 4.79 Å². The van der Waals surface area contributed by atoms with Gasteiger partial charge in [-0.2, -0.15) is 0 Å². The zero-order chi connectivity index (χ0) is 15.7. The zero-order valence-corrected chi connectivity index (χ0v) is 13.7. The van der Waals surface area contributed by atoms with Crippen LogP contribution in [0.4, 0.5) is 0 Å². The van der Waals surface area contributed by atoms with Crippen molar-refractivity contribution in [1.82, 2.24) is 0 Å². The van der Waals surface area contributed by atoms with E-state index in [1.54, 1.807) is 0 Å². The molecule has 122 valence electrons. The number of hydrogen-bond donors (Lipinski definition) is 2. The second kappa shape index (κ2) is 4.67. The van der Waals surface area contributed by atoms with Crippen LogP contribution in [-0.4, -0.2) is 28.2 Å². The fraction of sp³-hybridized carbons (Fsp3) is 0.842. The first-order valence-electron chi connectivity index (χ1n) is 8.92. The van der Waals surface area contributed by atoms with E-state index < -0.39 is 6.10 Å². The van der Waals surface area contributed by atoms with Crippen LogP contribution in [0.3, 0.4) is 0 Å². The van der Waals surface area contributed by atoms with Crippen LogP contribution in [0.5, 0.6) is 0 Å². The van der Waals surface area contributed by atoms with Crippen molar-refractivity contribution in [2.45, 2.75) is 64.6 Å². The molecule has 4 rings (SSSR count). The predicted octanol–water partition coefficient (Wildman–Crippen LogP) is 2.71. The van der Waals surface area contributed by atoms with Crippen LogP contribution in [0.15, 0.2) is 12.2 Å². The fourth-order valence-electron chi connectivity index (χ4n) is 6.56. The largest absolute Gasteiger partial charge is 0.393 e. The number of aliphatic hydroxyl groups excluding tert-OH is 2. The van der Waals surface area contributed by atoms with E-state index in [1.807, 2.05) is 6.08 Å². The molecule has 0 heterocycles. The van der Waals surface area contributed by atoms with Crippen molar-refractivity contribution in [2.75, 3.05) is 0 Å². The molecule has 0 aromatic carbocycles. The van der Waals surface area contributed by atoms with Gasteiger partial charge >= 0.3 is 0 Å². The van der Waals surface area contributed by atoms with E-state index in [9.17, 15) is 15.0 Å². The van der Waals surface area contributed by atoms with Crippen LogP contribution >= 0.6 is 0 Å². The van der Waals surface area contributed by atoms with Gasteiger partial charge in [-0.15, -0.1) is 0 Å². The molecule has 3 unspecified atom stereocenters. The maximum Gasteiger partial charge on any atom is 0.133 e. The van der Waals surface area contributed by atoms with Gasteiger partial charge in [0, 0.05) is 18.8 Å². The summed E-state index contributed by atoms with van der Waals surface area (Å²) in [6.45, 7) is 4.59. The Hall–Kier alpha value is -0.670. The monoisotopic (exact) mass is 304 g/mol. The molecular weight excluding hydrogens is 276 g/mol. The van der Waals surface area contributed by atoms with E-state index >= 15 is 0 Å². The van der Waals surface area contributed by atoms with Crippen molar-refractivity contribution in [3.63, 3.8) is 0 Å². The SMILES string of the molecule is C[C@@]12C=C[C@H](O)C1C1C(CC2)[C@@]2(C)CCC(=O)C[C@@H]2C[C@H]1O. The number of hydrogen-bond acceptors (Lipinski definition) is 3. The fourth-order valence-corrected chi connectivity index (χ4v) is 6.56. The maximum absolute atomic E-state index is 11.9. The predicted molar refractivity (Wildman–Crippen MR) is 84.0 cm³/mol. The Morgan fingerprint density at radius 1 is 1.23 bits per heavy atom. The Morgan fingerprint density at radius 2 is 2.00 bits per heavy atom. The summed E-state index contributed by atoms with van der Waals surface area (Å²) in [6.07, 6.45) is 8.62. The van der Waals surface area contributed by atoms with Crippen LogP contribution in [0.1, 0.15) is 52.4 Å². The zero-order valence-electron chi connectivity index (χ0n) is 13.7. The third kappa shape index (κ3) is 1.85. The molecule has 0 amide bonds. The topological polar surface area (TPSA) is 57.5 Å². The number of ketones is 1. The first-order chi connectivity index (χ1) is 10.3. The Bertz CT molecular complexity index is 527. The van der Waals surface area contributed by atoms with Gasteiger partial charge in [-0.25, -0.2) is 0 Å². The summed E-state index contributed by atoms with van der Waals surface area (Å²) < 4.78 is 0. The van der Waals surface area contributed by atoms with Gasteiger partial charge in [0.25, 0.3) is 0 Å². The number of rotatable bonds is 0. The average molecular weight is 304 g/mol. The van der Waals surface area contributed by atoms with E-state index in [2.05, 4.69) is 19.9 Å². The highest BCUT2D eigenvalue weighted by Crippen LogP contribution is 2.64. The molecule has 2 N–H and O–H groups in total. The second-order valence-electron chi connectivity index (χ2n) is 8.85. The highest BCUT2D eigenvalue weighted by Gasteiger charge is 2.61. The van der Waals surface area contributed by atoms with E-state index in [4.69, 9.17) is 0 Å². The van der Waals surface area contributed by atoms with Crippen LogP contribution in [-0.2, 0) is 4.79 Å². The number of aliphatic hydroxyl groups is 2. The van der Waals surface area contributed by atoms with E-state index in [0.29, 0.717) is 30.5 Å². The summed E-state index contributed by atoms with van der Waals surface area (Å²) in [6, 6.07) is 0. The minimum absolute atomic E-state index is 0.0370. The van der Waals surface area contributed by atoms with Gasteiger partial charge in [0.15, 0.2) is 0 Å². The quantitative estimate of drug-likeness (QED) is 0.677. The van der Waals surface area contributed by atoms with Gasteiger partial charge in [0.2, 0.25) is 0 Å². The molecule has 22 heavy (non-hydrogen) atoms. The Morgan fingerprint density at radius 3 is 2.77 bits per heavy atom. The molecular formula is C19H28O3. The molecule has 0 saturated heterocycles. The van der Waals surface area contributed by atoms with Gasteiger partial charge < -0.3 is 10.2 Å². The van der Waals surface area contributed by atoms with Crippen molar-refractivity contribution in [3.8, 4) is 0 Å². The first-order valence-corrected chi connectivity index (χ1v) is 8.92. The van der Waals surface area contributed by atoms with Crippen molar-refractivity contribution in [2.24, 2.45) is 34.5 Å². The molecule has 3 saturated carbocycles. The number of carbonyl (C=O) groups is 1. The number of allylic oxidation sites excluding steroid dienone is 1. The Kier molecular flexibility index (Phi) is 3.16. The van der Waals surface area contributed by atoms with E-state index in [-0.39, 0.29) is 28.8 Å². The number of Topliss-reactive ketones (excluding diaryl/α,β-unsaturated/α-hetero) is 1. The van der Waals surface area contributed by atoms with Crippen molar-refractivity contribution in [3.05, 3.63) is 12.2 Å². The summed E-state index contributed by atoms with van der Waals surface area (Å²) in [5, 5.41) is 21.4. The molecule has 0 aliphatic heterocycles. The minimum atomic E-state index is -0.419. The lowest BCUT2D eigenvalue weighted by Gasteiger charge is -2.61. The Balaban J connectivity index is 1.71. The summed E-state index contributed by atoms with van der Waals surface area (Å²) in [7, 11) is 0. The molecule has 8 atom stereocenters. The normalized spacial score (nSPS) is 57.2. The summed E-state index contributed by atoms with van der Waals surface area (Å²) in [4.78, 5) is 11.9. The number of fused-ring (bicyclic) bond motifs is 5.